The van der Waals surface area contributed by atoms with E-state index in [1.54, 1.807) is 0 Å². The molecule has 1 aliphatic heterocycles. The molecular formula is C17H24ClNO3. The van der Waals surface area contributed by atoms with Crippen molar-refractivity contribution < 1.29 is 14.6 Å². The van der Waals surface area contributed by atoms with Crippen LogP contribution in [0.25, 0.3) is 0 Å². The zero-order chi connectivity index (χ0) is 16.0. The molecule has 0 spiro atoms. The van der Waals surface area contributed by atoms with Crippen molar-refractivity contribution in [3.05, 3.63) is 34.9 Å². The van der Waals surface area contributed by atoms with Gasteiger partial charge >= 0.3 is 0 Å². The second-order valence-electron chi connectivity index (χ2n) is 5.85. The van der Waals surface area contributed by atoms with Crippen molar-refractivity contribution in [1.29, 1.82) is 0 Å². The van der Waals surface area contributed by atoms with Crippen molar-refractivity contribution >= 4 is 17.5 Å². The fourth-order valence-electron chi connectivity index (χ4n) is 2.95. The Bertz CT molecular complexity index is 483. The van der Waals surface area contributed by atoms with Gasteiger partial charge in [-0.15, -0.1) is 0 Å². The lowest BCUT2D eigenvalue weighted by atomic mass is 9.73. The molecule has 0 aromatic heterocycles. The molecule has 1 aromatic rings. The molecule has 2 N–H and O–H groups in total. The van der Waals surface area contributed by atoms with Crippen molar-refractivity contribution in [2.45, 2.75) is 44.1 Å². The van der Waals surface area contributed by atoms with Crippen LogP contribution in [0.4, 0.5) is 0 Å². The molecule has 1 aromatic carbocycles. The van der Waals surface area contributed by atoms with Gasteiger partial charge in [0.25, 0.3) is 0 Å². The van der Waals surface area contributed by atoms with Crippen LogP contribution in [0, 0.1) is 0 Å². The van der Waals surface area contributed by atoms with Gasteiger partial charge in [-0.25, -0.2) is 0 Å². The van der Waals surface area contributed by atoms with Gasteiger partial charge in [-0.05, 0) is 37.0 Å². The first-order valence-corrected chi connectivity index (χ1v) is 8.26. The Morgan fingerprint density at radius 2 is 2.00 bits per heavy atom. The van der Waals surface area contributed by atoms with Gasteiger partial charge in [0.1, 0.15) is 0 Å². The molecule has 1 atom stereocenters. The van der Waals surface area contributed by atoms with Crippen molar-refractivity contribution in [2.24, 2.45) is 0 Å². The second kappa shape index (κ2) is 7.95. The van der Waals surface area contributed by atoms with E-state index >= 15 is 0 Å². The summed E-state index contributed by atoms with van der Waals surface area (Å²) in [6, 6.07) is 7.45. The first-order chi connectivity index (χ1) is 10.6. The molecule has 4 nitrogen and oxygen atoms in total. The SMILES string of the molecule is CCCC(O)CNC(=O)C1(c2ccc(Cl)cc2)CCOCC1. The van der Waals surface area contributed by atoms with E-state index in [2.05, 4.69) is 5.32 Å². The van der Waals surface area contributed by atoms with Crippen molar-refractivity contribution in [2.75, 3.05) is 19.8 Å². The van der Waals surface area contributed by atoms with Gasteiger partial charge < -0.3 is 15.2 Å². The quantitative estimate of drug-likeness (QED) is 0.845. The van der Waals surface area contributed by atoms with Crippen molar-refractivity contribution in [3.8, 4) is 0 Å². The standard InChI is InChI=1S/C17H24ClNO3/c1-2-3-15(20)12-19-16(21)17(8-10-22-11-9-17)13-4-6-14(18)7-5-13/h4-7,15,20H,2-3,8-12H2,1H3,(H,19,21). The van der Waals surface area contributed by atoms with Gasteiger partial charge in [0, 0.05) is 24.8 Å². The monoisotopic (exact) mass is 325 g/mol. The first kappa shape index (κ1) is 17.3. The molecule has 1 unspecified atom stereocenters. The maximum absolute atomic E-state index is 12.8. The number of carbonyl (C=O) groups is 1. The highest BCUT2D eigenvalue weighted by Crippen LogP contribution is 2.35. The number of rotatable bonds is 6. The minimum Gasteiger partial charge on any atom is -0.391 e. The Labute approximate surface area is 136 Å². The molecule has 2 rings (SSSR count). The molecular weight excluding hydrogens is 302 g/mol. The lowest BCUT2D eigenvalue weighted by Crippen LogP contribution is -2.49. The highest BCUT2D eigenvalue weighted by molar-refractivity contribution is 6.30. The second-order valence-corrected chi connectivity index (χ2v) is 6.29. The summed E-state index contributed by atoms with van der Waals surface area (Å²) in [5, 5.41) is 13.4. The largest absolute Gasteiger partial charge is 0.391 e. The summed E-state index contributed by atoms with van der Waals surface area (Å²) in [6.45, 7) is 3.43. The van der Waals surface area contributed by atoms with Gasteiger partial charge in [-0.3, -0.25) is 4.79 Å². The van der Waals surface area contributed by atoms with E-state index in [-0.39, 0.29) is 5.91 Å². The lowest BCUT2D eigenvalue weighted by Gasteiger charge is -2.36. The number of nitrogens with one attached hydrogen (secondary N) is 1. The number of aliphatic hydroxyl groups is 1. The van der Waals surface area contributed by atoms with Gasteiger partial charge in [-0.1, -0.05) is 37.1 Å². The van der Waals surface area contributed by atoms with E-state index in [4.69, 9.17) is 16.3 Å². The summed E-state index contributed by atoms with van der Waals surface area (Å²) < 4.78 is 5.43. The number of aliphatic hydroxyl groups excluding tert-OH is 1. The first-order valence-electron chi connectivity index (χ1n) is 7.88. The third kappa shape index (κ3) is 4.00. The van der Waals surface area contributed by atoms with Crippen LogP contribution in [0.5, 0.6) is 0 Å². The minimum absolute atomic E-state index is 0.0340. The van der Waals surface area contributed by atoms with E-state index in [1.165, 1.54) is 0 Å². The fourth-order valence-corrected chi connectivity index (χ4v) is 3.08. The van der Waals surface area contributed by atoms with Gasteiger partial charge in [-0.2, -0.15) is 0 Å². The number of carbonyl (C=O) groups excluding carboxylic acids is 1. The Kier molecular flexibility index (Phi) is 6.24. The van der Waals surface area contributed by atoms with Gasteiger partial charge in [0.15, 0.2) is 0 Å². The molecule has 1 amide bonds. The highest BCUT2D eigenvalue weighted by Gasteiger charge is 2.41. The molecule has 22 heavy (non-hydrogen) atoms. The van der Waals surface area contributed by atoms with Crippen LogP contribution >= 0.6 is 11.6 Å². The number of hydrogen-bond donors (Lipinski definition) is 2. The van der Waals surface area contributed by atoms with Crippen LogP contribution in [0.2, 0.25) is 5.02 Å². The highest BCUT2D eigenvalue weighted by atomic mass is 35.5. The predicted octanol–water partition coefficient (Wildman–Crippen LogP) is 2.67. The van der Waals surface area contributed by atoms with Crippen molar-refractivity contribution in [3.63, 3.8) is 0 Å². The molecule has 0 aliphatic carbocycles. The Morgan fingerprint density at radius 1 is 1.36 bits per heavy atom. The topological polar surface area (TPSA) is 58.6 Å². The average Bonchev–Trinajstić information content (AvgIpc) is 2.54. The molecule has 1 aliphatic rings. The van der Waals surface area contributed by atoms with Crippen molar-refractivity contribution in [1.82, 2.24) is 5.32 Å². The number of hydrogen-bond acceptors (Lipinski definition) is 3. The Morgan fingerprint density at radius 3 is 2.59 bits per heavy atom. The smallest absolute Gasteiger partial charge is 0.230 e. The van der Waals surface area contributed by atoms with Gasteiger partial charge in [0.05, 0.1) is 11.5 Å². The molecule has 0 saturated carbocycles. The molecule has 1 fully saturated rings. The summed E-state index contributed by atoms with van der Waals surface area (Å²) in [5.41, 5.74) is 0.372. The Hall–Kier alpha value is -1.10. The zero-order valence-corrected chi connectivity index (χ0v) is 13.7. The van der Waals surface area contributed by atoms with E-state index in [9.17, 15) is 9.90 Å². The molecule has 0 bridgehead atoms. The van der Waals surface area contributed by atoms with Crippen LogP contribution in [0.1, 0.15) is 38.2 Å². The normalized spacial score (nSPS) is 18.7. The summed E-state index contributed by atoms with van der Waals surface area (Å²) in [7, 11) is 0. The Balaban J connectivity index is 2.14. The summed E-state index contributed by atoms with van der Waals surface area (Å²) >= 11 is 5.95. The third-order valence-corrected chi connectivity index (χ3v) is 4.55. The number of amides is 1. The molecule has 0 radical (unpaired) electrons. The molecule has 1 saturated heterocycles. The minimum atomic E-state index is -0.589. The van der Waals surface area contributed by atoms with E-state index in [0.29, 0.717) is 44.0 Å². The number of benzene rings is 1. The summed E-state index contributed by atoms with van der Waals surface area (Å²) in [5.74, 6) is -0.0340. The maximum atomic E-state index is 12.8. The van der Waals surface area contributed by atoms with Gasteiger partial charge in [0.2, 0.25) is 5.91 Å². The molecule has 122 valence electrons. The van der Waals surface area contributed by atoms with E-state index in [0.717, 1.165) is 12.0 Å². The molecule has 5 heteroatoms. The van der Waals surface area contributed by atoms with Crippen LogP contribution in [-0.2, 0) is 14.9 Å². The van der Waals surface area contributed by atoms with E-state index in [1.807, 2.05) is 31.2 Å². The number of halogens is 1. The summed E-state index contributed by atoms with van der Waals surface area (Å²) in [4.78, 5) is 12.8. The predicted molar refractivity (Wildman–Crippen MR) is 87.1 cm³/mol. The zero-order valence-electron chi connectivity index (χ0n) is 13.0. The van der Waals surface area contributed by atoms with E-state index < -0.39 is 11.5 Å². The van der Waals surface area contributed by atoms with Crippen LogP contribution in [-0.4, -0.2) is 36.9 Å². The fraction of sp³-hybridized carbons (Fsp3) is 0.588. The summed E-state index contributed by atoms with van der Waals surface area (Å²) in [6.07, 6.45) is 2.38. The van der Waals surface area contributed by atoms with Crippen LogP contribution in [0.3, 0.4) is 0 Å². The molecule has 1 heterocycles. The number of ether oxygens (including phenoxy) is 1. The van der Waals surface area contributed by atoms with Crippen LogP contribution in [0.15, 0.2) is 24.3 Å². The maximum Gasteiger partial charge on any atom is 0.230 e. The lowest BCUT2D eigenvalue weighted by molar-refractivity contribution is -0.131. The average molecular weight is 326 g/mol. The third-order valence-electron chi connectivity index (χ3n) is 4.30. The van der Waals surface area contributed by atoms with Crippen LogP contribution < -0.4 is 5.32 Å².